The lowest BCUT2D eigenvalue weighted by Crippen LogP contribution is -1.98. The van der Waals surface area contributed by atoms with E-state index in [0.29, 0.717) is 30.7 Å². The van der Waals surface area contributed by atoms with Crippen molar-refractivity contribution in [3.05, 3.63) is 35.7 Å². The average molecular weight is 316 g/mol. The summed E-state index contributed by atoms with van der Waals surface area (Å²) < 4.78 is 16.5. The molecule has 0 N–H and O–H groups in total. The van der Waals surface area contributed by atoms with Crippen molar-refractivity contribution in [3.63, 3.8) is 0 Å². The van der Waals surface area contributed by atoms with Crippen molar-refractivity contribution in [2.24, 2.45) is 0 Å². The van der Waals surface area contributed by atoms with Crippen LogP contribution < -0.4 is 9.47 Å². The number of rotatable bonds is 6. The maximum absolute atomic E-state index is 5.62. The minimum Gasteiger partial charge on any atom is -0.490 e. The van der Waals surface area contributed by atoms with Gasteiger partial charge in [-0.3, -0.25) is 0 Å². The Balaban J connectivity index is 1.93. The number of hydrogen-bond donors (Lipinski definition) is 0. The first-order valence-corrected chi connectivity index (χ1v) is 7.97. The summed E-state index contributed by atoms with van der Waals surface area (Å²) in [5.41, 5.74) is 0.832. The van der Waals surface area contributed by atoms with Crippen LogP contribution in [0.4, 0.5) is 0 Å². The second kappa shape index (κ2) is 6.62. The zero-order valence-electron chi connectivity index (χ0n) is 12.4. The zero-order valence-corrected chi connectivity index (χ0v) is 13.2. The lowest BCUT2D eigenvalue weighted by Gasteiger charge is -2.11. The van der Waals surface area contributed by atoms with Crippen LogP contribution in [0.3, 0.4) is 0 Å². The lowest BCUT2D eigenvalue weighted by atomic mass is 10.2. The molecule has 0 radical (unpaired) electrons. The highest BCUT2D eigenvalue weighted by molar-refractivity contribution is 7.13. The van der Waals surface area contributed by atoms with Crippen molar-refractivity contribution in [2.75, 3.05) is 13.2 Å². The van der Waals surface area contributed by atoms with Crippen molar-refractivity contribution < 1.29 is 14.0 Å². The summed E-state index contributed by atoms with van der Waals surface area (Å²) in [5, 5.41) is 6.02. The van der Waals surface area contributed by atoms with Crippen LogP contribution in [0, 0.1) is 0 Å². The SMILES string of the molecule is CCOc1ccc(-c2noc(-c3cccs3)n2)cc1OCC. The fourth-order valence-electron chi connectivity index (χ4n) is 2.03. The topological polar surface area (TPSA) is 57.4 Å². The molecule has 114 valence electrons. The first-order chi connectivity index (χ1) is 10.8. The Morgan fingerprint density at radius 3 is 2.64 bits per heavy atom. The highest BCUT2D eigenvalue weighted by Gasteiger charge is 2.14. The van der Waals surface area contributed by atoms with Gasteiger partial charge in [0.1, 0.15) is 0 Å². The molecule has 0 fully saturated rings. The summed E-state index contributed by atoms with van der Waals surface area (Å²) >= 11 is 1.56. The van der Waals surface area contributed by atoms with Crippen LogP contribution in [0.1, 0.15) is 13.8 Å². The smallest absolute Gasteiger partial charge is 0.268 e. The Bertz CT molecular complexity index is 738. The van der Waals surface area contributed by atoms with Gasteiger partial charge in [-0.05, 0) is 43.5 Å². The van der Waals surface area contributed by atoms with Crippen LogP contribution in [0.15, 0.2) is 40.2 Å². The molecule has 0 spiro atoms. The molecule has 2 heterocycles. The molecule has 0 atom stereocenters. The maximum Gasteiger partial charge on any atom is 0.268 e. The van der Waals surface area contributed by atoms with E-state index in [9.17, 15) is 0 Å². The van der Waals surface area contributed by atoms with Crippen molar-refractivity contribution in [1.82, 2.24) is 10.1 Å². The van der Waals surface area contributed by atoms with Crippen molar-refractivity contribution in [1.29, 1.82) is 0 Å². The van der Waals surface area contributed by atoms with E-state index in [4.69, 9.17) is 14.0 Å². The number of aromatic nitrogens is 2. The molecule has 0 unspecified atom stereocenters. The van der Waals surface area contributed by atoms with E-state index in [-0.39, 0.29) is 0 Å². The molecule has 0 saturated heterocycles. The molecule has 0 aliphatic heterocycles. The zero-order chi connectivity index (χ0) is 15.4. The molecule has 6 heteroatoms. The predicted octanol–water partition coefficient (Wildman–Crippen LogP) is 4.26. The quantitative estimate of drug-likeness (QED) is 0.680. The molecule has 1 aromatic carbocycles. The van der Waals surface area contributed by atoms with Gasteiger partial charge in [0.15, 0.2) is 11.5 Å². The third kappa shape index (κ3) is 2.96. The molecule has 3 aromatic rings. The van der Waals surface area contributed by atoms with E-state index in [2.05, 4.69) is 10.1 Å². The molecule has 0 amide bonds. The number of ether oxygens (including phenoxy) is 2. The lowest BCUT2D eigenvalue weighted by molar-refractivity contribution is 0.288. The summed E-state index contributed by atoms with van der Waals surface area (Å²) in [7, 11) is 0. The van der Waals surface area contributed by atoms with Gasteiger partial charge in [-0.15, -0.1) is 11.3 Å². The molecule has 2 aromatic heterocycles. The minimum atomic E-state index is 0.525. The van der Waals surface area contributed by atoms with Gasteiger partial charge >= 0.3 is 0 Å². The van der Waals surface area contributed by atoms with E-state index in [1.807, 2.05) is 49.6 Å². The molecular weight excluding hydrogens is 300 g/mol. The van der Waals surface area contributed by atoms with Crippen LogP contribution in [-0.4, -0.2) is 23.4 Å². The largest absolute Gasteiger partial charge is 0.490 e. The second-order valence-corrected chi connectivity index (χ2v) is 5.38. The van der Waals surface area contributed by atoms with Crippen LogP contribution >= 0.6 is 11.3 Å². The van der Waals surface area contributed by atoms with Crippen molar-refractivity contribution in [3.8, 4) is 33.7 Å². The molecule has 0 saturated carbocycles. The summed E-state index contributed by atoms with van der Waals surface area (Å²) in [4.78, 5) is 5.39. The van der Waals surface area contributed by atoms with Gasteiger partial charge in [0, 0.05) is 5.56 Å². The predicted molar refractivity (Wildman–Crippen MR) is 85.4 cm³/mol. The van der Waals surface area contributed by atoms with E-state index < -0.39 is 0 Å². The minimum absolute atomic E-state index is 0.525. The molecule has 3 rings (SSSR count). The van der Waals surface area contributed by atoms with Crippen LogP contribution in [0.25, 0.3) is 22.2 Å². The summed E-state index contributed by atoms with van der Waals surface area (Å²) in [5.74, 6) is 2.46. The van der Waals surface area contributed by atoms with E-state index in [0.717, 1.165) is 16.2 Å². The van der Waals surface area contributed by atoms with E-state index >= 15 is 0 Å². The molecule has 0 bridgehead atoms. The summed E-state index contributed by atoms with van der Waals surface area (Å²) in [6.07, 6.45) is 0. The molecule has 22 heavy (non-hydrogen) atoms. The van der Waals surface area contributed by atoms with Gasteiger partial charge in [0.25, 0.3) is 5.89 Å². The number of hydrogen-bond acceptors (Lipinski definition) is 6. The Morgan fingerprint density at radius 1 is 1.09 bits per heavy atom. The molecular formula is C16H16N2O3S. The van der Waals surface area contributed by atoms with Gasteiger partial charge in [0.05, 0.1) is 18.1 Å². The maximum atomic E-state index is 5.62. The Hall–Kier alpha value is -2.34. The monoisotopic (exact) mass is 316 g/mol. The first-order valence-electron chi connectivity index (χ1n) is 7.09. The molecule has 0 aliphatic rings. The number of thiophene rings is 1. The van der Waals surface area contributed by atoms with Gasteiger partial charge < -0.3 is 14.0 Å². The van der Waals surface area contributed by atoms with Gasteiger partial charge in [-0.2, -0.15) is 4.98 Å². The highest BCUT2D eigenvalue weighted by atomic mass is 32.1. The van der Waals surface area contributed by atoms with E-state index in [1.165, 1.54) is 0 Å². The third-order valence-corrected chi connectivity index (χ3v) is 3.82. The first kappa shape index (κ1) is 14.6. The number of benzene rings is 1. The van der Waals surface area contributed by atoms with Crippen LogP contribution in [0.5, 0.6) is 11.5 Å². The van der Waals surface area contributed by atoms with Crippen molar-refractivity contribution >= 4 is 11.3 Å². The normalized spacial score (nSPS) is 10.6. The van der Waals surface area contributed by atoms with Gasteiger partial charge in [-0.1, -0.05) is 11.2 Å². The Kier molecular flexibility index (Phi) is 4.39. The summed E-state index contributed by atoms with van der Waals surface area (Å²) in [6, 6.07) is 9.54. The van der Waals surface area contributed by atoms with Gasteiger partial charge in [0.2, 0.25) is 5.82 Å². The second-order valence-electron chi connectivity index (χ2n) is 4.43. The van der Waals surface area contributed by atoms with Crippen molar-refractivity contribution in [2.45, 2.75) is 13.8 Å². The molecule has 0 aliphatic carbocycles. The average Bonchev–Trinajstić information content (AvgIpc) is 3.20. The highest BCUT2D eigenvalue weighted by Crippen LogP contribution is 2.33. The Morgan fingerprint density at radius 2 is 1.91 bits per heavy atom. The van der Waals surface area contributed by atoms with E-state index in [1.54, 1.807) is 11.3 Å². The fraction of sp³-hybridized carbons (Fsp3) is 0.250. The number of nitrogens with zero attached hydrogens (tertiary/aromatic N) is 2. The van der Waals surface area contributed by atoms with Crippen LogP contribution in [-0.2, 0) is 0 Å². The summed E-state index contributed by atoms with van der Waals surface area (Å²) in [6.45, 7) is 5.03. The Labute approximate surface area is 132 Å². The third-order valence-electron chi connectivity index (χ3n) is 2.96. The fourth-order valence-corrected chi connectivity index (χ4v) is 2.68. The van der Waals surface area contributed by atoms with Gasteiger partial charge in [-0.25, -0.2) is 0 Å². The van der Waals surface area contributed by atoms with Crippen LogP contribution in [0.2, 0.25) is 0 Å². The molecule has 5 nitrogen and oxygen atoms in total. The standard InChI is InChI=1S/C16H16N2O3S/c1-3-19-12-8-7-11(10-13(12)20-4-2)15-17-16(21-18-15)14-6-5-9-22-14/h5-10H,3-4H2,1-2H3.